The summed E-state index contributed by atoms with van der Waals surface area (Å²) >= 11 is 0. The standard InChI is InChI=1S/C19H26N2O2/c1-14-13-23-10-9-21(14)12-15(22)11-18-19(2,3)16-7-5-6-8-17(16)20(18)4/h5-8,11,14H,9-10,12-13H2,1-4H3. The van der Waals surface area contributed by atoms with E-state index in [2.05, 4.69) is 48.8 Å². The largest absolute Gasteiger partial charge is 0.379 e. The molecule has 0 N–H and O–H groups in total. The van der Waals surface area contributed by atoms with Crippen molar-refractivity contribution in [3.8, 4) is 0 Å². The van der Waals surface area contributed by atoms with Crippen molar-refractivity contribution >= 4 is 11.5 Å². The fourth-order valence-electron chi connectivity index (χ4n) is 3.65. The van der Waals surface area contributed by atoms with Crippen molar-refractivity contribution in [3.63, 3.8) is 0 Å². The van der Waals surface area contributed by atoms with E-state index < -0.39 is 0 Å². The molecule has 0 radical (unpaired) electrons. The Morgan fingerprint density at radius 1 is 1.39 bits per heavy atom. The van der Waals surface area contributed by atoms with E-state index in [0.717, 1.165) is 12.2 Å². The van der Waals surface area contributed by atoms with E-state index in [1.807, 2.05) is 19.2 Å². The lowest BCUT2D eigenvalue weighted by Gasteiger charge is -2.32. The van der Waals surface area contributed by atoms with Crippen molar-refractivity contribution in [2.45, 2.75) is 32.2 Å². The number of nitrogens with zero attached hydrogens (tertiary/aromatic N) is 2. The van der Waals surface area contributed by atoms with Crippen LogP contribution < -0.4 is 4.90 Å². The van der Waals surface area contributed by atoms with Gasteiger partial charge in [-0.15, -0.1) is 0 Å². The monoisotopic (exact) mass is 314 g/mol. The van der Waals surface area contributed by atoms with Crippen LogP contribution >= 0.6 is 0 Å². The summed E-state index contributed by atoms with van der Waals surface area (Å²) in [4.78, 5) is 17.0. The average molecular weight is 314 g/mol. The van der Waals surface area contributed by atoms with Crippen LogP contribution in [-0.4, -0.2) is 50.1 Å². The maximum atomic E-state index is 12.6. The van der Waals surface area contributed by atoms with Gasteiger partial charge >= 0.3 is 0 Å². The van der Waals surface area contributed by atoms with E-state index in [1.54, 1.807) is 0 Å². The molecular formula is C19H26N2O2. The molecule has 0 bridgehead atoms. The van der Waals surface area contributed by atoms with Gasteiger partial charge in [0, 0.05) is 42.5 Å². The molecule has 124 valence electrons. The van der Waals surface area contributed by atoms with Gasteiger partial charge in [0.1, 0.15) is 0 Å². The zero-order chi connectivity index (χ0) is 16.6. The van der Waals surface area contributed by atoms with Crippen LogP contribution in [0.25, 0.3) is 0 Å². The molecule has 0 amide bonds. The molecule has 0 aliphatic carbocycles. The summed E-state index contributed by atoms with van der Waals surface area (Å²) in [5, 5.41) is 0. The predicted molar refractivity (Wildman–Crippen MR) is 92.8 cm³/mol. The van der Waals surface area contributed by atoms with E-state index in [9.17, 15) is 4.79 Å². The Hall–Kier alpha value is -1.65. The smallest absolute Gasteiger partial charge is 0.171 e. The SMILES string of the molecule is CC1COCCN1CC(=O)C=C1N(C)c2ccccc2C1(C)C. The number of carbonyl (C=O) groups is 1. The number of likely N-dealkylation sites (N-methyl/N-ethyl adjacent to an activating group) is 1. The fourth-order valence-corrected chi connectivity index (χ4v) is 3.65. The van der Waals surface area contributed by atoms with Gasteiger partial charge in [-0.05, 0) is 18.6 Å². The van der Waals surface area contributed by atoms with Gasteiger partial charge < -0.3 is 9.64 Å². The molecule has 2 heterocycles. The summed E-state index contributed by atoms with van der Waals surface area (Å²) in [6, 6.07) is 8.69. The summed E-state index contributed by atoms with van der Waals surface area (Å²) in [5.41, 5.74) is 3.40. The maximum absolute atomic E-state index is 12.6. The number of carbonyl (C=O) groups excluding carboxylic acids is 1. The van der Waals surface area contributed by atoms with E-state index in [4.69, 9.17) is 4.74 Å². The van der Waals surface area contributed by atoms with Crippen LogP contribution in [0, 0.1) is 0 Å². The number of morpholine rings is 1. The van der Waals surface area contributed by atoms with E-state index in [0.29, 0.717) is 25.8 Å². The molecule has 2 aliphatic heterocycles. The third kappa shape index (κ3) is 2.93. The molecule has 1 fully saturated rings. The molecule has 1 unspecified atom stereocenters. The van der Waals surface area contributed by atoms with Crippen LogP contribution in [0.3, 0.4) is 0 Å². The number of anilines is 1. The van der Waals surface area contributed by atoms with E-state index in [-0.39, 0.29) is 11.2 Å². The molecule has 0 aromatic heterocycles. The molecule has 23 heavy (non-hydrogen) atoms. The lowest BCUT2D eigenvalue weighted by molar-refractivity contribution is -0.117. The third-order valence-electron chi connectivity index (χ3n) is 5.10. The van der Waals surface area contributed by atoms with Crippen LogP contribution in [0.2, 0.25) is 0 Å². The normalized spacial score (nSPS) is 25.7. The molecule has 1 aromatic rings. The Balaban J connectivity index is 1.81. The molecule has 1 atom stereocenters. The van der Waals surface area contributed by atoms with Crippen molar-refractivity contribution in [1.29, 1.82) is 0 Å². The van der Waals surface area contributed by atoms with Gasteiger partial charge in [-0.2, -0.15) is 0 Å². The first-order valence-corrected chi connectivity index (χ1v) is 8.31. The zero-order valence-corrected chi connectivity index (χ0v) is 14.5. The number of fused-ring (bicyclic) bond motifs is 1. The summed E-state index contributed by atoms with van der Waals surface area (Å²) in [6.45, 7) is 9.20. The first kappa shape index (κ1) is 16.2. The highest BCUT2D eigenvalue weighted by molar-refractivity contribution is 5.94. The second-order valence-electron chi connectivity index (χ2n) is 7.09. The second kappa shape index (κ2) is 6.10. The Kier molecular flexibility index (Phi) is 4.30. The number of hydrogen-bond donors (Lipinski definition) is 0. The predicted octanol–water partition coefficient (Wildman–Crippen LogP) is 2.59. The number of rotatable bonds is 3. The number of benzene rings is 1. The highest BCUT2D eigenvalue weighted by Crippen LogP contribution is 2.46. The van der Waals surface area contributed by atoms with E-state index in [1.165, 1.54) is 11.3 Å². The maximum Gasteiger partial charge on any atom is 0.171 e. The van der Waals surface area contributed by atoms with Gasteiger partial charge in [-0.1, -0.05) is 32.0 Å². The molecule has 4 nitrogen and oxygen atoms in total. The van der Waals surface area contributed by atoms with Gasteiger partial charge in [0.05, 0.1) is 19.8 Å². The van der Waals surface area contributed by atoms with Gasteiger partial charge in [-0.25, -0.2) is 0 Å². The van der Waals surface area contributed by atoms with Crippen molar-refractivity contribution in [2.24, 2.45) is 0 Å². The van der Waals surface area contributed by atoms with Crippen LogP contribution in [0.1, 0.15) is 26.3 Å². The topological polar surface area (TPSA) is 32.8 Å². The van der Waals surface area contributed by atoms with Crippen molar-refractivity contribution in [1.82, 2.24) is 4.90 Å². The third-order valence-corrected chi connectivity index (χ3v) is 5.10. The minimum atomic E-state index is -0.141. The molecule has 1 saturated heterocycles. The lowest BCUT2D eigenvalue weighted by atomic mass is 9.83. The van der Waals surface area contributed by atoms with Crippen LogP contribution in [-0.2, 0) is 14.9 Å². The fraction of sp³-hybridized carbons (Fsp3) is 0.526. The Morgan fingerprint density at radius 2 is 2.13 bits per heavy atom. The number of ketones is 1. The summed E-state index contributed by atoms with van der Waals surface area (Å²) < 4.78 is 5.44. The summed E-state index contributed by atoms with van der Waals surface area (Å²) in [6.07, 6.45) is 1.84. The Morgan fingerprint density at radius 3 is 2.83 bits per heavy atom. The summed E-state index contributed by atoms with van der Waals surface area (Å²) in [5.74, 6) is 0.168. The minimum Gasteiger partial charge on any atom is -0.379 e. The lowest BCUT2D eigenvalue weighted by Crippen LogP contribution is -2.45. The molecule has 3 rings (SSSR count). The van der Waals surface area contributed by atoms with Crippen LogP contribution in [0.5, 0.6) is 0 Å². The minimum absolute atomic E-state index is 0.141. The zero-order valence-electron chi connectivity index (χ0n) is 14.5. The van der Waals surface area contributed by atoms with Crippen molar-refractivity contribution in [2.75, 3.05) is 38.3 Å². The van der Waals surface area contributed by atoms with Crippen LogP contribution in [0.15, 0.2) is 36.0 Å². The molecule has 4 heteroatoms. The number of ether oxygens (including phenoxy) is 1. The number of allylic oxidation sites excluding steroid dienone is 1. The Labute approximate surface area is 138 Å². The quantitative estimate of drug-likeness (QED) is 0.803. The molecule has 0 spiro atoms. The van der Waals surface area contributed by atoms with Gasteiger partial charge in [0.15, 0.2) is 5.78 Å². The van der Waals surface area contributed by atoms with Gasteiger partial charge in [-0.3, -0.25) is 9.69 Å². The highest BCUT2D eigenvalue weighted by Gasteiger charge is 2.38. The van der Waals surface area contributed by atoms with E-state index >= 15 is 0 Å². The molecular weight excluding hydrogens is 288 g/mol. The van der Waals surface area contributed by atoms with Gasteiger partial charge in [0.25, 0.3) is 0 Å². The van der Waals surface area contributed by atoms with Gasteiger partial charge in [0.2, 0.25) is 0 Å². The average Bonchev–Trinajstić information content (AvgIpc) is 2.71. The van der Waals surface area contributed by atoms with Crippen molar-refractivity contribution in [3.05, 3.63) is 41.6 Å². The van der Waals surface area contributed by atoms with Crippen LogP contribution in [0.4, 0.5) is 5.69 Å². The highest BCUT2D eigenvalue weighted by atomic mass is 16.5. The molecule has 2 aliphatic rings. The Bertz CT molecular complexity index is 636. The molecule has 0 saturated carbocycles. The first-order chi connectivity index (χ1) is 10.9. The number of hydrogen-bond acceptors (Lipinski definition) is 4. The van der Waals surface area contributed by atoms with Crippen molar-refractivity contribution < 1.29 is 9.53 Å². The number of para-hydroxylation sites is 1. The molecule has 1 aromatic carbocycles. The summed E-state index contributed by atoms with van der Waals surface area (Å²) in [7, 11) is 2.05. The second-order valence-corrected chi connectivity index (χ2v) is 7.09. The first-order valence-electron chi connectivity index (χ1n) is 8.31.